The summed E-state index contributed by atoms with van der Waals surface area (Å²) < 4.78 is 5.76. The molecule has 1 aromatic rings. The Morgan fingerprint density at radius 1 is 1.07 bits per heavy atom. The van der Waals surface area contributed by atoms with Gasteiger partial charge in [0.25, 0.3) is 0 Å². The summed E-state index contributed by atoms with van der Waals surface area (Å²) >= 11 is 0. The van der Waals surface area contributed by atoms with Gasteiger partial charge in [-0.25, -0.2) is 9.97 Å². The Kier molecular flexibility index (Phi) is 7.24. The van der Waals surface area contributed by atoms with Crippen LogP contribution in [0, 0.1) is 5.92 Å². The molecule has 4 rings (SSSR count). The largest absolute Gasteiger partial charge is 0.381 e. The highest BCUT2D eigenvalue weighted by atomic mass is 16.5. The second kappa shape index (κ2) is 10.1. The second-order valence-corrected chi connectivity index (χ2v) is 9.21. The van der Waals surface area contributed by atoms with Crippen LogP contribution in [0.2, 0.25) is 0 Å². The van der Waals surface area contributed by atoms with Gasteiger partial charge in [-0.3, -0.25) is 4.79 Å². The summed E-state index contributed by atoms with van der Waals surface area (Å²) in [6.07, 6.45) is 10.6. The first kappa shape index (κ1) is 21.5. The van der Waals surface area contributed by atoms with E-state index in [1.165, 1.54) is 36.9 Å². The maximum atomic E-state index is 12.5. The molecule has 1 saturated heterocycles. The van der Waals surface area contributed by atoms with Gasteiger partial charge in [-0.1, -0.05) is 26.7 Å². The van der Waals surface area contributed by atoms with Crippen molar-refractivity contribution in [3.05, 3.63) is 17.1 Å². The van der Waals surface area contributed by atoms with E-state index < -0.39 is 0 Å². The number of anilines is 1. The summed E-state index contributed by atoms with van der Waals surface area (Å²) in [5.41, 5.74) is 2.51. The molecule has 1 amide bonds. The second-order valence-electron chi connectivity index (χ2n) is 9.21. The van der Waals surface area contributed by atoms with E-state index in [0.29, 0.717) is 5.92 Å². The Morgan fingerprint density at radius 3 is 2.47 bits per heavy atom. The number of carbonyl (C=O) groups is 1. The van der Waals surface area contributed by atoms with Crippen LogP contribution in [-0.2, 0) is 22.4 Å². The van der Waals surface area contributed by atoms with Gasteiger partial charge < -0.3 is 15.0 Å². The number of aromatic nitrogens is 2. The van der Waals surface area contributed by atoms with Gasteiger partial charge in [0.2, 0.25) is 5.91 Å². The lowest BCUT2D eigenvalue weighted by Crippen LogP contribution is -2.46. The molecule has 1 N–H and O–H groups in total. The van der Waals surface area contributed by atoms with E-state index in [1.54, 1.807) is 0 Å². The number of nitrogens with zero attached hydrogens (tertiary/aromatic N) is 3. The third-order valence-corrected chi connectivity index (χ3v) is 7.29. The van der Waals surface area contributed by atoms with E-state index in [4.69, 9.17) is 14.7 Å². The first-order chi connectivity index (χ1) is 14.7. The summed E-state index contributed by atoms with van der Waals surface area (Å²) in [6.45, 7) is 7.61. The van der Waals surface area contributed by atoms with Crippen molar-refractivity contribution in [2.24, 2.45) is 5.92 Å². The van der Waals surface area contributed by atoms with E-state index in [9.17, 15) is 4.79 Å². The highest BCUT2D eigenvalue weighted by Gasteiger charge is 2.29. The number of carbonyl (C=O) groups excluding carboxylic acids is 1. The molecule has 1 saturated carbocycles. The minimum Gasteiger partial charge on any atom is -0.381 e. The number of hydrogen-bond donors (Lipinski definition) is 1. The van der Waals surface area contributed by atoms with Crippen molar-refractivity contribution in [2.45, 2.75) is 90.0 Å². The van der Waals surface area contributed by atoms with Crippen LogP contribution in [0.4, 0.5) is 5.82 Å². The van der Waals surface area contributed by atoms with E-state index in [0.717, 1.165) is 76.5 Å². The molecule has 3 aliphatic rings. The number of hydrogen-bond acceptors (Lipinski definition) is 5. The zero-order valence-corrected chi connectivity index (χ0v) is 18.8. The van der Waals surface area contributed by atoms with Crippen LogP contribution in [-0.4, -0.2) is 48.2 Å². The van der Waals surface area contributed by atoms with Crippen molar-refractivity contribution < 1.29 is 9.53 Å². The fourth-order valence-corrected chi connectivity index (χ4v) is 5.29. The van der Waals surface area contributed by atoms with Gasteiger partial charge >= 0.3 is 0 Å². The molecule has 2 aliphatic heterocycles. The number of piperidine rings is 1. The van der Waals surface area contributed by atoms with Gasteiger partial charge in [0.1, 0.15) is 11.6 Å². The Labute approximate surface area is 181 Å². The normalized spacial score (nSPS) is 21.0. The predicted molar refractivity (Wildman–Crippen MR) is 119 cm³/mol. The fourth-order valence-electron chi connectivity index (χ4n) is 5.29. The molecule has 0 bridgehead atoms. The SMILES string of the molecule is CCC(CC)C(=O)NC1CCN(c2nc(C3CCCC3)nc3c2CCOCC3)CC1. The monoisotopic (exact) mass is 414 g/mol. The van der Waals surface area contributed by atoms with Gasteiger partial charge in [0.15, 0.2) is 0 Å². The van der Waals surface area contributed by atoms with Gasteiger partial charge in [-0.05, 0) is 38.5 Å². The molecular formula is C24H38N4O2. The van der Waals surface area contributed by atoms with Crippen LogP contribution in [0.1, 0.15) is 88.2 Å². The van der Waals surface area contributed by atoms with Crippen LogP contribution >= 0.6 is 0 Å². The highest BCUT2D eigenvalue weighted by Crippen LogP contribution is 2.35. The Morgan fingerprint density at radius 2 is 1.77 bits per heavy atom. The van der Waals surface area contributed by atoms with E-state index in [-0.39, 0.29) is 17.9 Å². The van der Waals surface area contributed by atoms with Gasteiger partial charge in [0, 0.05) is 49.4 Å². The van der Waals surface area contributed by atoms with Crippen LogP contribution in [0.5, 0.6) is 0 Å². The molecule has 0 unspecified atom stereocenters. The minimum atomic E-state index is 0.148. The highest BCUT2D eigenvalue weighted by molar-refractivity contribution is 5.78. The summed E-state index contributed by atoms with van der Waals surface area (Å²) in [5, 5.41) is 3.30. The lowest BCUT2D eigenvalue weighted by Gasteiger charge is -2.35. The van der Waals surface area contributed by atoms with Crippen molar-refractivity contribution >= 4 is 11.7 Å². The maximum Gasteiger partial charge on any atom is 0.223 e. The van der Waals surface area contributed by atoms with E-state index in [1.807, 2.05) is 0 Å². The molecule has 0 aromatic carbocycles. The zero-order chi connectivity index (χ0) is 20.9. The van der Waals surface area contributed by atoms with E-state index >= 15 is 0 Å². The van der Waals surface area contributed by atoms with Crippen molar-refractivity contribution in [3.8, 4) is 0 Å². The lowest BCUT2D eigenvalue weighted by molar-refractivity contribution is -0.126. The Hall–Kier alpha value is -1.69. The summed E-state index contributed by atoms with van der Waals surface area (Å²) in [4.78, 5) is 25.1. The van der Waals surface area contributed by atoms with Gasteiger partial charge in [-0.15, -0.1) is 0 Å². The van der Waals surface area contributed by atoms with Gasteiger partial charge in [-0.2, -0.15) is 0 Å². The third kappa shape index (κ3) is 4.79. The summed E-state index contributed by atoms with van der Waals surface area (Å²) in [6, 6.07) is 0.285. The summed E-state index contributed by atoms with van der Waals surface area (Å²) in [7, 11) is 0. The van der Waals surface area contributed by atoms with Crippen LogP contribution in [0.25, 0.3) is 0 Å². The molecule has 166 valence electrons. The maximum absolute atomic E-state index is 12.5. The number of rotatable bonds is 6. The van der Waals surface area contributed by atoms with Crippen molar-refractivity contribution in [1.29, 1.82) is 0 Å². The molecule has 0 radical (unpaired) electrons. The third-order valence-electron chi connectivity index (χ3n) is 7.29. The molecule has 30 heavy (non-hydrogen) atoms. The molecule has 3 heterocycles. The topological polar surface area (TPSA) is 67.4 Å². The van der Waals surface area contributed by atoms with Crippen molar-refractivity contribution in [2.75, 3.05) is 31.2 Å². The number of amides is 1. The standard InChI is InChI=1S/C24H38N4O2/c1-3-17(4-2)24(29)25-19-9-13-28(14-10-19)23-20-11-15-30-16-12-21(20)26-22(27-23)18-7-5-6-8-18/h17-19H,3-16H2,1-2H3,(H,25,29). The quantitative estimate of drug-likeness (QED) is 0.767. The fraction of sp³-hybridized carbons (Fsp3) is 0.792. The number of ether oxygens (including phenoxy) is 1. The van der Waals surface area contributed by atoms with E-state index in [2.05, 4.69) is 24.1 Å². The predicted octanol–water partition coefficient (Wildman–Crippen LogP) is 3.77. The molecule has 0 atom stereocenters. The van der Waals surface area contributed by atoms with Crippen LogP contribution in [0.3, 0.4) is 0 Å². The number of nitrogens with one attached hydrogen (secondary N) is 1. The molecule has 2 fully saturated rings. The minimum absolute atomic E-state index is 0.148. The molecular weight excluding hydrogens is 376 g/mol. The smallest absolute Gasteiger partial charge is 0.223 e. The Balaban J connectivity index is 1.48. The zero-order valence-electron chi connectivity index (χ0n) is 18.8. The van der Waals surface area contributed by atoms with Crippen molar-refractivity contribution in [1.82, 2.24) is 15.3 Å². The lowest BCUT2D eigenvalue weighted by atomic mass is 9.99. The first-order valence-corrected chi connectivity index (χ1v) is 12.2. The molecule has 0 spiro atoms. The van der Waals surface area contributed by atoms with Crippen LogP contribution < -0.4 is 10.2 Å². The summed E-state index contributed by atoms with van der Waals surface area (Å²) in [5.74, 6) is 3.12. The Bertz CT molecular complexity index is 720. The molecule has 1 aromatic heterocycles. The molecule has 1 aliphatic carbocycles. The average molecular weight is 415 g/mol. The molecule has 6 heteroatoms. The first-order valence-electron chi connectivity index (χ1n) is 12.2. The van der Waals surface area contributed by atoms with Gasteiger partial charge in [0.05, 0.1) is 18.9 Å². The number of fused-ring (bicyclic) bond motifs is 1. The van der Waals surface area contributed by atoms with Crippen molar-refractivity contribution in [3.63, 3.8) is 0 Å². The molecule has 6 nitrogen and oxygen atoms in total. The average Bonchev–Trinajstić information content (AvgIpc) is 3.20. The van der Waals surface area contributed by atoms with Crippen LogP contribution in [0.15, 0.2) is 0 Å².